The van der Waals surface area contributed by atoms with Crippen molar-refractivity contribution in [2.45, 2.75) is 19.5 Å². The van der Waals surface area contributed by atoms with Crippen LogP contribution in [0.25, 0.3) is 11.0 Å². The minimum Gasteiger partial charge on any atom is -0.363 e. The van der Waals surface area contributed by atoms with Crippen molar-refractivity contribution in [1.82, 2.24) is 19.9 Å². The van der Waals surface area contributed by atoms with Crippen LogP contribution in [0.15, 0.2) is 67.1 Å². The number of nitro groups is 1. The third-order valence-corrected chi connectivity index (χ3v) is 4.60. The average Bonchev–Trinajstić information content (AvgIpc) is 3.17. The number of benzene rings is 2. The van der Waals surface area contributed by atoms with Gasteiger partial charge in [-0.05, 0) is 18.1 Å². The van der Waals surface area contributed by atoms with Crippen molar-refractivity contribution in [1.29, 1.82) is 0 Å². The number of hydrogen-bond donors (Lipinski definition) is 2. The molecule has 9 nitrogen and oxygen atoms in total. The molecule has 2 heterocycles. The van der Waals surface area contributed by atoms with Crippen LogP contribution in [0.4, 0.5) is 11.5 Å². The molecule has 0 fully saturated rings. The van der Waals surface area contributed by atoms with Crippen molar-refractivity contribution in [2.75, 3.05) is 10.7 Å². The monoisotopic (exact) mass is 389 g/mol. The van der Waals surface area contributed by atoms with Gasteiger partial charge in [-0.25, -0.2) is 9.97 Å². The van der Waals surface area contributed by atoms with Gasteiger partial charge >= 0.3 is 0 Å². The van der Waals surface area contributed by atoms with E-state index in [4.69, 9.17) is 0 Å². The second-order valence-electron chi connectivity index (χ2n) is 6.55. The molecule has 9 heteroatoms. The van der Waals surface area contributed by atoms with Crippen LogP contribution in [-0.4, -0.2) is 24.8 Å². The number of rotatable bonds is 7. The highest BCUT2D eigenvalue weighted by Crippen LogP contribution is 2.23. The third kappa shape index (κ3) is 3.98. The van der Waals surface area contributed by atoms with E-state index in [1.54, 1.807) is 23.1 Å². The SMILES string of the molecule is C[C@H](Nc1ncnc2c1cnn2NCc1ccc([N+](=O)[O-])cc1)c1ccccc1. The fourth-order valence-corrected chi connectivity index (χ4v) is 3.01. The number of non-ortho nitro benzene ring substituents is 1. The Balaban J connectivity index is 1.50. The molecule has 0 saturated carbocycles. The van der Waals surface area contributed by atoms with E-state index in [0.29, 0.717) is 18.0 Å². The van der Waals surface area contributed by atoms with Crippen molar-refractivity contribution in [3.05, 3.63) is 88.4 Å². The van der Waals surface area contributed by atoms with Crippen molar-refractivity contribution in [3.63, 3.8) is 0 Å². The maximum absolute atomic E-state index is 10.8. The smallest absolute Gasteiger partial charge is 0.269 e. The highest BCUT2D eigenvalue weighted by molar-refractivity contribution is 5.86. The van der Waals surface area contributed by atoms with Gasteiger partial charge in [0.1, 0.15) is 12.1 Å². The molecule has 0 aliphatic rings. The summed E-state index contributed by atoms with van der Waals surface area (Å²) in [7, 11) is 0. The minimum absolute atomic E-state index is 0.0642. The molecule has 2 aromatic carbocycles. The van der Waals surface area contributed by atoms with Gasteiger partial charge in [-0.15, -0.1) is 0 Å². The fourth-order valence-electron chi connectivity index (χ4n) is 3.01. The summed E-state index contributed by atoms with van der Waals surface area (Å²) in [5.41, 5.74) is 5.92. The van der Waals surface area contributed by atoms with Crippen LogP contribution in [0.5, 0.6) is 0 Å². The van der Waals surface area contributed by atoms with Gasteiger partial charge in [0.25, 0.3) is 5.69 Å². The van der Waals surface area contributed by atoms with Gasteiger partial charge in [0.2, 0.25) is 0 Å². The molecule has 0 bridgehead atoms. The van der Waals surface area contributed by atoms with Crippen LogP contribution >= 0.6 is 0 Å². The lowest BCUT2D eigenvalue weighted by Crippen LogP contribution is -2.16. The van der Waals surface area contributed by atoms with Gasteiger partial charge in [-0.2, -0.15) is 9.89 Å². The number of anilines is 1. The van der Waals surface area contributed by atoms with Crippen molar-refractivity contribution in [3.8, 4) is 0 Å². The highest BCUT2D eigenvalue weighted by Gasteiger charge is 2.13. The van der Waals surface area contributed by atoms with E-state index >= 15 is 0 Å². The zero-order chi connectivity index (χ0) is 20.2. The number of aromatic nitrogens is 4. The summed E-state index contributed by atoms with van der Waals surface area (Å²) in [6.07, 6.45) is 3.20. The Labute approximate surface area is 166 Å². The first-order valence-electron chi connectivity index (χ1n) is 9.09. The van der Waals surface area contributed by atoms with E-state index in [1.165, 1.54) is 18.5 Å². The van der Waals surface area contributed by atoms with Crippen LogP contribution < -0.4 is 10.7 Å². The zero-order valence-corrected chi connectivity index (χ0v) is 15.7. The molecule has 0 unspecified atom stereocenters. The summed E-state index contributed by atoms with van der Waals surface area (Å²) in [5.74, 6) is 0.703. The summed E-state index contributed by atoms with van der Waals surface area (Å²) in [5, 5.41) is 19.3. The Bertz CT molecular complexity index is 1130. The molecule has 2 N–H and O–H groups in total. The first kappa shape index (κ1) is 18.4. The molecule has 0 aliphatic heterocycles. The van der Waals surface area contributed by atoms with Gasteiger partial charge in [-0.1, -0.05) is 42.5 Å². The normalized spacial score (nSPS) is 11.9. The molecule has 2 aromatic heterocycles. The van der Waals surface area contributed by atoms with Crippen molar-refractivity contribution >= 4 is 22.5 Å². The van der Waals surface area contributed by atoms with Gasteiger partial charge in [0.05, 0.1) is 23.1 Å². The molecule has 29 heavy (non-hydrogen) atoms. The lowest BCUT2D eigenvalue weighted by molar-refractivity contribution is -0.384. The summed E-state index contributed by atoms with van der Waals surface area (Å²) < 4.78 is 0. The molecule has 0 amide bonds. The zero-order valence-electron chi connectivity index (χ0n) is 15.7. The predicted molar refractivity (Wildman–Crippen MR) is 110 cm³/mol. The van der Waals surface area contributed by atoms with E-state index in [2.05, 4.69) is 44.9 Å². The van der Waals surface area contributed by atoms with Gasteiger partial charge in [0.15, 0.2) is 5.65 Å². The second kappa shape index (κ2) is 7.93. The Kier molecular flexibility index (Phi) is 5.02. The standard InChI is InChI=1S/C20H19N7O2/c1-14(16-5-3-2-4-6-16)25-19-18-12-24-26(20(18)22-13-21-19)23-11-15-7-9-17(10-8-15)27(28)29/h2-10,12-14,23H,11H2,1H3,(H,21,22,25)/t14-/m0/s1. The van der Waals surface area contributed by atoms with Crippen LogP contribution in [-0.2, 0) is 6.54 Å². The highest BCUT2D eigenvalue weighted by atomic mass is 16.6. The molecule has 146 valence electrons. The molecule has 0 spiro atoms. The van der Waals surface area contributed by atoms with Gasteiger partial charge in [-0.3, -0.25) is 10.1 Å². The maximum Gasteiger partial charge on any atom is 0.269 e. The van der Waals surface area contributed by atoms with Gasteiger partial charge < -0.3 is 10.7 Å². The maximum atomic E-state index is 10.8. The molecular weight excluding hydrogens is 370 g/mol. The molecule has 4 aromatic rings. The summed E-state index contributed by atoms with van der Waals surface area (Å²) in [4.78, 5) is 20.6. The molecule has 1 atom stereocenters. The Morgan fingerprint density at radius 1 is 1.10 bits per heavy atom. The number of hydrogen-bond acceptors (Lipinski definition) is 7. The number of fused-ring (bicyclic) bond motifs is 1. The second-order valence-corrected chi connectivity index (χ2v) is 6.55. The predicted octanol–water partition coefficient (Wildman–Crippen LogP) is 3.65. The number of nitrogens with one attached hydrogen (secondary N) is 2. The van der Waals surface area contributed by atoms with E-state index in [0.717, 1.165) is 16.5 Å². The quantitative estimate of drug-likeness (QED) is 0.366. The van der Waals surface area contributed by atoms with Crippen LogP contribution in [0.2, 0.25) is 0 Å². The van der Waals surface area contributed by atoms with Crippen LogP contribution in [0.3, 0.4) is 0 Å². The fraction of sp³-hybridized carbons (Fsp3) is 0.150. The summed E-state index contributed by atoms with van der Waals surface area (Å²) >= 11 is 0. The van der Waals surface area contributed by atoms with Crippen LogP contribution in [0.1, 0.15) is 24.1 Å². The van der Waals surface area contributed by atoms with Gasteiger partial charge in [0, 0.05) is 18.2 Å². The number of nitrogens with zero attached hydrogens (tertiary/aromatic N) is 5. The summed E-state index contributed by atoms with van der Waals surface area (Å²) in [6, 6.07) is 16.6. The first-order chi connectivity index (χ1) is 14.1. The number of nitro benzene ring substituents is 1. The average molecular weight is 389 g/mol. The Morgan fingerprint density at radius 3 is 2.59 bits per heavy atom. The molecular formula is C20H19N7O2. The van der Waals surface area contributed by atoms with E-state index < -0.39 is 4.92 Å². The molecule has 0 aliphatic carbocycles. The largest absolute Gasteiger partial charge is 0.363 e. The topological polar surface area (TPSA) is 111 Å². The van der Waals surface area contributed by atoms with Crippen molar-refractivity contribution in [2.24, 2.45) is 0 Å². The van der Waals surface area contributed by atoms with E-state index in [-0.39, 0.29) is 11.7 Å². The molecule has 4 rings (SSSR count). The Morgan fingerprint density at radius 2 is 1.86 bits per heavy atom. The Hall–Kier alpha value is -4.01. The van der Waals surface area contributed by atoms with Crippen LogP contribution in [0, 0.1) is 10.1 Å². The third-order valence-electron chi connectivity index (χ3n) is 4.60. The van der Waals surface area contributed by atoms with E-state index in [9.17, 15) is 10.1 Å². The summed E-state index contributed by atoms with van der Waals surface area (Å²) in [6.45, 7) is 2.52. The lowest BCUT2D eigenvalue weighted by Gasteiger charge is -2.15. The van der Waals surface area contributed by atoms with Crippen molar-refractivity contribution < 1.29 is 4.92 Å². The lowest BCUT2D eigenvalue weighted by atomic mass is 10.1. The first-order valence-corrected chi connectivity index (χ1v) is 9.09. The minimum atomic E-state index is -0.417. The van der Waals surface area contributed by atoms with E-state index in [1.807, 2.05) is 18.2 Å². The molecule has 0 radical (unpaired) electrons. The molecule has 0 saturated heterocycles.